The van der Waals surface area contributed by atoms with Gasteiger partial charge in [-0.15, -0.1) is 5.10 Å². The Labute approximate surface area is 143 Å². The Bertz CT molecular complexity index is 728. The number of benzene rings is 1. The molecule has 0 saturated carbocycles. The fourth-order valence-electron chi connectivity index (χ4n) is 2.87. The highest BCUT2D eigenvalue weighted by Gasteiger charge is 2.34. The number of hydrogen-bond donors (Lipinski definition) is 0. The summed E-state index contributed by atoms with van der Waals surface area (Å²) in [7, 11) is 0. The largest absolute Gasteiger partial charge is 0.416 e. The molecule has 1 aromatic carbocycles. The summed E-state index contributed by atoms with van der Waals surface area (Å²) in [6.45, 7) is 2.05. The summed E-state index contributed by atoms with van der Waals surface area (Å²) in [4.78, 5) is 16.0. The van der Waals surface area contributed by atoms with Gasteiger partial charge in [-0.1, -0.05) is 18.2 Å². The van der Waals surface area contributed by atoms with Crippen LogP contribution in [-0.2, 0) is 17.4 Å². The minimum atomic E-state index is -4.46. The van der Waals surface area contributed by atoms with Crippen LogP contribution < -0.4 is 4.90 Å². The van der Waals surface area contributed by atoms with Crippen LogP contribution in [0.1, 0.15) is 11.1 Å². The van der Waals surface area contributed by atoms with Gasteiger partial charge >= 0.3 is 6.18 Å². The van der Waals surface area contributed by atoms with E-state index < -0.39 is 11.7 Å². The number of nitrogens with zero attached hydrogens (tertiary/aromatic N) is 4. The summed E-state index contributed by atoms with van der Waals surface area (Å²) in [5, 5.41) is 7.85. The van der Waals surface area contributed by atoms with Gasteiger partial charge < -0.3 is 9.80 Å². The molecule has 1 fully saturated rings. The van der Waals surface area contributed by atoms with Crippen molar-refractivity contribution in [3.63, 3.8) is 0 Å². The molecule has 0 aliphatic carbocycles. The summed E-state index contributed by atoms with van der Waals surface area (Å²) in [6.07, 6.45) is -3.12. The third-order valence-corrected chi connectivity index (χ3v) is 4.18. The molecule has 2 aromatic rings. The zero-order valence-corrected chi connectivity index (χ0v) is 13.4. The number of hydrogen-bond acceptors (Lipinski definition) is 4. The maximum absolute atomic E-state index is 13.0. The number of piperazine rings is 1. The Balaban J connectivity index is 1.63. The maximum atomic E-state index is 13.0. The monoisotopic (exact) mass is 350 g/mol. The highest BCUT2D eigenvalue weighted by molar-refractivity contribution is 5.79. The summed E-state index contributed by atoms with van der Waals surface area (Å²) >= 11 is 0. The molecular formula is C17H17F3N4O. The van der Waals surface area contributed by atoms with Crippen molar-refractivity contribution in [1.29, 1.82) is 0 Å². The second kappa shape index (κ2) is 7.08. The molecule has 2 heterocycles. The van der Waals surface area contributed by atoms with Crippen molar-refractivity contribution in [2.75, 3.05) is 31.1 Å². The second-order valence-corrected chi connectivity index (χ2v) is 5.78. The molecule has 0 atom stereocenters. The molecule has 1 saturated heterocycles. The SMILES string of the molecule is O=C(Cc1ccccc1C(F)(F)F)N1CCN(c2cccnn2)CC1. The highest BCUT2D eigenvalue weighted by atomic mass is 19.4. The molecule has 1 amide bonds. The van der Waals surface area contributed by atoms with Crippen molar-refractivity contribution in [2.45, 2.75) is 12.6 Å². The van der Waals surface area contributed by atoms with Crippen molar-refractivity contribution >= 4 is 11.7 Å². The number of anilines is 1. The summed E-state index contributed by atoms with van der Waals surface area (Å²) in [5.74, 6) is 0.438. The van der Waals surface area contributed by atoms with E-state index in [1.54, 1.807) is 17.2 Å². The van der Waals surface area contributed by atoms with Gasteiger partial charge in [0.15, 0.2) is 5.82 Å². The summed E-state index contributed by atoms with van der Waals surface area (Å²) in [6, 6.07) is 8.84. The Morgan fingerprint density at radius 2 is 1.76 bits per heavy atom. The first kappa shape index (κ1) is 17.2. The van der Waals surface area contributed by atoms with Crippen LogP contribution in [0.2, 0.25) is 0 Å². The van der Waals surface area contributed by atoms with Crippen molar-refractivity contribution in [3.05, 3.63) is 53.7 Å². The highest BCUT2D eigenvalue weighted by Crippen LogP contribution is 2.32. The van der Waals surface area contributed by atoms with Crippen LogP contribution in [0.5, 0.6) is 0 Å². The van der Waals surface area contributed by atoms with Gasteiger partial charge in [0.1, 0.15) is 0 Å². The van der Waals surface area contributed by atoms with Gasteiger partial charge in [0, 0.05) is 32.4 Å². The lowest BCUT2D eigenvalue weighted by molar-refractivity contribution is -0.138. The molecule has 1 aliphatic rings. The lowest BCUT2D eigenvalue weighted by Gasteiger charge is -2.35. The third kappa shape index (κ3) is 4.07. The van der Waals surface area contributed by atoms with Crippen LogP contribution >= 0.6 is 0 Å². The minimum absolute atomic E-state index is 0.0105. The van der Waals surface area contributed by atoms with E-state index in [9.17, 15) is 18.0 Å². The number of amides is 1. The summed E-state index contributed by atoms with van der Waals surface area (Å²) in [5.41, 5.74) is -0.738. The first-order valence-electron chi connectivity index (χ1n) is 7.90. The van der Waals surface area contributed by atoms with Gasteiger partial charge in [-0.25, -0.2) is 0 Å². The maximum Gasteiger partial charge on any atom is 0.416 e. The van der Waals surface area contributed by atoms with Gasteiger partial charge in [-0.2, -0.15) is 18.3 Å². The van der Waals surface area contributed by atoms with Crippen molar-refractivity contribution in [2.24, 2.45) is 0 Å². The number of alkyl halides is 3. The van der Waals surface area contributed by atoms with E-state index in [-0.39, 0.29) is 17.9 Å². The van der Waals surface area contributed by atoms with Crippen LogP contribution in [0.3, 0.4) is 0 Å². The van der Waals surface area contributed by atoms with Gasteiger partial charge in [0.25, 0.3) is 0 Å². The fourth-order valence-corrected chi connectivity index (χ4v) is 2.87. The molecule has 0 unspecified atom stereocenters. The number of carbonyl (C=O) groups is 1. The first-order valence-corrected chi connectivity index (χ1v) is 7.90. The quantitative estimate of drug-likeness (QED) is 0.853. The van der Waals surface area contributed by atoms with Crippen molar-refractivity contribution < 1.29 is 18.0 Å². The van der Waals surface area contributed by atoms with Crippen LogP contribution in [0.4, 0.5) is 19.0 Å². The van der Waals surface area contributed by atoms with E-state index in [0.717, 1.165) is 11.9 Å². The molecule has 1 aromatic heterocycles. The minimum Gasteiger partial charge on any atom is -0.352 e. The number of halogens is 3. The molecule has 3 rings (SSSR count). The average Bonchev–Trinajstić information content (AvgIpc) is 2.62. The Morgan fingerprint density at radius 1 is 1.04 bits per heavy atom. The fraction of sp³-hybridized carbons (Fsp3) is 0.353. The first-order chi connectivity index (χ1) is 11.9. The van der Waals surface area contributed by atoms with Gasteiger partial charge in [0.2, 0.25) is 5.91 Å². The smallest absolute Gasteiger partial charge is 0.352 e. The molecule has 1 aliphatic heterocycles. The second-order valence-electron chi connectivity index (χ2n) is 5.78. The molecule has 5 nitrogen and oxygen atoms in total. The van der Waals surface area contributed by atoms with Crippen LogP contribution in [0.25, 0.3) is 0 Å². The number of carbonyl (C=O) groups excluding carboxylic acids is 1. The molecule has 0 bridgehead atoms. The molecule has 0 spiro atoms. The van der Waals surface area contributed by atoms with Crippen LogP contribution in [-0.4, -0.2) is 47.2 Å². The van der Waals surface area contributed by atoms with E-state index in [1.807, 2.05) is 11.0 Å². The third-order valence-electron chi connectivity index (χ3n) is 4.18. The van der Waals surface area contributed by atoms with Gasteiger partial charge in [-0.05, 0) is 23.8 Å². The van der Waals surface area contributed by atoms with Crippen molar-refractivity contribution in [1.82, 2.24) is 15.1 Å². The predicted molar refractivity (Wildman–Crippen MR) is 86.0 cm³/mol. The number of aromatic nitrogens is 2. The molecule has 8 heteroatoms. The van der Waals surface area contributed by atoms with Crippen LogP contribution in [0, 0.1) is 0 Å². The molecule has 25 heavy (non-hydrogen) atoms. The normalized spacial score (nSPS) is 15.3. The zero-order chi connectivity index (χ0) is 17.9. The standard InChI is InChI=1S/C17H17F3N4O/c18-17(19,20)14-5-2-1-4-13(14)12-16(25)24-10-8-23(9-11-24)15-6-3-7-21-22-15/h1-7H,8-12H2. The van der Waals surface area contributed by atoms with Crippen LogP contribution in [0.15, 0.2) is 42.6 Å². The molecule has 0 radical (unpaired) electrons. The topological polar surface area (TPSA) is 49.3 Å². The Hall–Kier alpha value is -2.64. The lowest BCUT2D eigenvalue weighted by Crippen LogP contribution is -2.49. The predicted octanol–water partition coefficient (Wildman–Crippen LogP) is 2.39. The molecule has 132 valence electrons. The van der Waals surface area contributed by atoms with E-state index in [4.69, 9.17) is 0 Å². The van der Waals surface area contributed by atoms with E-state index >= 15 is 0 Å². The van der Waals surface area contributed by atoms with Crippen molar-refractivity contribution in [3.8, 4) is 0 Å². The van der Waals surface area contributed by atoms with E-state index in [2.05, 4.69) is 10.2 Å². The number of rotatable bonds is 3. The van der Waals surface area contributed by atoms with Gasteiger partial charge in [-0.3, -0.25) is 4.79 Å². The molecule has 0 N–H and O–H groups in total. The summed E-state index contributed by atoms with van der Waals surface area (Å²) < 4.78 is 39.1. The van der Waals surface area contributed by atoms with Gasteiger partial charge in [0.05, 0.1) is 12.0 Å². The van der Waals surface area contributed by atoms with E-state index in [0.29, 0.717) is 26.2 Å². The lowest BCUT2D eigenvalue weighted by atomic mass is 10.0. The zero-order valence-electron chi connectivity index (χ0n) is 13.4. The average molecular weight is 350 g/mol. The Kier molecular flexibility index (Phi) is 4.87. The molecular weight excluding hydrogens is 333 g/mol. The van der Waals surface area contributed by atoms with E-state index in [1.165, 1.54) is 18.2 Å². The Morgan fingerprint density at radius 3 is 2.40 bits per heavy atom.